The van der Waals surface area contributed by atoms with E-state index in [1.807, 2.05) is 24.3 Å². The number of alkyl halides is 2. The average Bonchev–Trinajstić information content (AvgIpc) is 2.91. The first kappa shape index (κ1) is 17.4. The third-order valence-corrected chi connectivity index (χ3v) is 4.00. The summed E-state index contributed by atoms with van der Waals surface area (Å²) in [4.78, 5) is 21.2. The van der Waals surface area contributed by atoms with Crippen LogP contribution in [0.1, 0.15) is 27.2 Å². The zero-order valence-electron chi connectivity index (χ0n) is 14.5. The van der Waals surface area contributed by atoms with Crippen molar-refractivity contribution in [2.24, 2.45) is 0 Å². The highest BCUT2D eigenvalue weighted by molar-refractivity contribution is 5.77. The fraction of sp³-hybridized carbons (Fsp3) is 0.529. The molecule has 0 unspecified atom stereocenters. The summed E-state index contributed by atoms with van der Waals surface area (Å²) < 4.78 is 33.6. The monoisotopic (exact) mass is 352 g/mol. The Morgan fingerprint density at radius 2 is 2.12 bits per heavy atom. The molecule has 8 heteroatoms. The van der Waals surface area contributed by atoms with Gasteiger partial charge in [0.25, 0.3) is 5.92 Å². The van der Waals surface area contributed by atoms with Crippen molar-refractivity contribution in [2.45, 2.75) is 44.8 Å². The topological polar surface area (TPSA) is 70.2 Å². The fourth-order valence-corrected chi connectivity index (χ4v) is 2.79. The number of ether oxygens (including phenoxy) is 1. The lowest BCUT2D eigenvalue weighted by Crippen LogP contribution is -2.59. The van der Waals surface area contributed by atoms with E-state index in [2.05, 4.69) is 15.3 Å². The molecule has 2 heterocycles. The van der Waals surface area contributed by atoms with Gasteiger partial charge in [-0.05, 0) is 32.9 Å². The second kappa shape index (κ2) is 6.16. The molecule has 6 nitrogen and oxygen atoms in total. The van der Waals surface area contributed by atoms with Gasteiger partial charge in [0.2, 0.25) is 5.95 Å². The van der Waals surface area contributed by atoms with E-state index >= 15 is 0 Å². The van der Waals surface area contributed by atoms with E-state index in [9.17, 15) is 13.6 Å². The number of imidazole rings is 1. The summed E-state index contributed by atoms with van der Waals surface area (Å²) >= 11 is 0. The number of benzene rings is 1. The van der Waals surface area contributed by atoms with Crippen molar-refractivity contribution in [3.8, 4) is 0 Å². The zero-order valence-corrected chi connectivity index (χ0v) is 14.5. The van der Waals surface area contributed by atoms with Gasteiger partial charge in [0.15, 0.2) is 0 Å². The quantitative estimate of drug-likeness (QED) is 0.870. The Balaban J connectivity index is 1.75. The van der Waals surface area contributed by atoms with Crippen LogP contribution >= 0.6 is 0 Å². The number of carbonyl (C=O) groups is 1. The van der Waals surface area contributed by atoms with Crippen LogP contribution in [0.5, 0.6) is 0 Å². The van der Waals surface area contributed by atoms with Gasteiger partial charge in [-0.3, -0.25) is 0 Å². The minimum absolute atomic E-state index is 0.0495. The van der Waals surface area contributed by atoms with Crippen molar-refractivity contribution in [1.29, 1.82) is 0 Å². The van der Waals surface area contributed by atoms with Gasteiger partial charge in [-0.2, -0.15) is 0 Å². The molecule has 0 radical (unpaired) electrons. The summed E-state index contributed by atoms with van der Waals surface area (Å²) in [7, 11) is 0. The van der Waals surface area contributed by atoms with Crippen molar-refractivity contribution in [3.05, 3.63) is 24.3 Å². The lowest BCUT2D eigenvalue weighted by Gasteiger charge is -2.38. The second-order valence-electron chi connectivity index (χ2n) is 7.23. The minimum Gasteiger partial charge on any atom is -0.444 e. The predicted octanol–water partition coefficient (Wildman–Crippen LogP) is 3.30. The maximum Gasteiger partial charge on any atom is 0.408 e. The number of piperidine rings is 1. The van der Waals surface area contributed by atoms with Crippen LogP contribution < -0.4 is 10.2 Å². The predicted molar refractivity (Wildman–Crippen MR) is 91.0 cm³/mol. The summed E-state index contributed by atoms with van der Waals surface area (Å²) in [5.41, 5.74) is 0.866. The van der Waals surface area contributed by atoms with Crippen LogP contribution in [0, 0.1) is 0 Å². The third-order valence-electron chi connectivity index (χ3n) is 4.00. The van der Waals surface area contributed by atoms with E-state index < -0.39 is 23.7 Å². The van der Waals surface area contributed by atoms with Crippen LogP contribution in [-0.2, 0) is 4.74 Å². The molecule has 1 aromatic heterocycles. The SMILES string of the molecule is CC(C)(C)OC(=O)N[C@@H]1CN(c2nc3ccccc3[nH]2)CCC1(F)F. The Morgan fingerprint density at radius 3 is 2.80 bits per heavy atom. The number of halogens is 2. The van der Waals surface area contributed by atoms with Gasteiger partial charge >= 0.3 is 6.09 Å². The van der Waals surface area contributed by atoms with E-state index in [1.54, 1.807) is 25.7 Å². The first-order valence-electron chi connectivity index (χ1n) is 8.21. The number of amides is 1. The van der Waals surface area contributed by atoms with Crippen LogP contribution in [0.15, 0.2) is 24.3 Å². The van der Waals surface area contributed by atoms with Crippen molar-refractivity contribution >= 4 is 23.1 Å². The first-order chi connectivity index (χ1) is 11.6. The molecule has 1 amide bonds. The molecule has 1 atom stereocenters. The van der Waals surface area contributed by atoms with Gasteiger partial charge < -0.3 is 19.9 Å². The number of aromatic nitrogens is 2. The molecule has 1 aliphatic heterocycles. The summed E-state index contributed by atoms with van der Waals surface area (Å²) in [5.74, 6) is -2.48. The number of nitrogens with one attached hydrogen (secondary N) is 2. The van der Waals surface area contributed by atoms with Crippen LogP contribution in [-0.4, -0.2) is 46.7 Å². The minimum atomic E-state index is -3.00. The van der Waals surface area contributed by atoms with E-state index in [4.69, 9.17) is 4.74 Å². The number of H-pyrrole nitrogens is 1. The second-order valence-corrected chi connectivity index (χ2v) is 7.23. The maximum absolute atomic E-state index is 14.2. The highest BCUT2D eigenvalue weighted by Gasteiger charge is 2.46. The van der Waals surface area contributed by atoms with Crippen LogP contribution in [0.2, 0.25) is 0 Å². The van der Waals surface area contributed by atoms with Gasteiger partial charge in [-0.15, -0.1) is 0 Å². The molecule has 0 spiro atoms. The van der Waals surface area contributed by atoms with Gasteiger partial charge in [-0.25, -0.2) is 18.6 Å². The number of fused-ring (bicyclic) bond motifs is 1. The molecule has 25 heavy (non-hydrogen) atoms. The molecule has 0 saturated carbocycles. The number of nitrogens with zero attached hydrogens (tertiary/aromatic N) is 2. The molecule has 1 aliphatic rings. The summed E-state index contributed by atoms with van der Waals surface area (Å²) in [6, 6.07) is 6.13. The summed E-state index contributed by atoms with van der Waals surface area (Å²) in [5, 5.41) is 2.30. The molecular weight excluding hydrogens is 330 g/mol. The van der Waals surface area contributed by atoms with Gasteiger partial charge in [0.1, 0.15) is 11.6 Å². The molecule has 3 rings (SSSR count). The molecule has 136 valence electrons. The fourth-order valence-electron chi connectivity index (χ4n) is 2.79. The highest BCUT2D eigenvalue weighted by atomic mass is 19.3. The molecule has 0 aliphatic carbocycles. The Morgan fingerprint density at radius 1 is 1.40 bits per heavy atom. The van der Waals surface area contributed by atoms with Crippen LogP contribution in [0.3, 0.4) is 0 Å². The largest absolute Gasteiger partial charge is 0.444 e. The summed E-state index contributed by atoms with van der Waals surface area (Å²) in [6.07, 6.45) is -1.21. The van der Waals surface area contributed by atoms with E-state index in [1.165, 1.54) is 0 Å². The molecule has 0 bridgehead atoms. The molecule has 1 saturated heterocycles. The number of hydrogen-bond donors (Lipinski definition) is 2. The summed E-state index contributed by atoms with van der Waals surface area (Å²) in [6.45, 7) is 5.16. The number of anilines is 1. The number of carbonyl (C=O) groups excluding carboxylic acids is 1. The lowest BCUT2D eigenvalue weighted by molar-refractivity contribution is -0.0537. The van der Waals surface area contributed by atoms with Gasteiger partial charge in [0, 0.05) is 19.5 Å². The van der Waals surface area contributed by atoms with E-state index in [0.29, 0.717) is 5.95 Å². The van der Waals surface area contributed by atoms with Crippen molar-refractivity contribution in [2.75, 3.05) is 18.0 Å². The Kier molecular flexibility index (Phi) is 4.30. The Labute approximate surface area is 144 Å². The molecule has 2 N–H and O–H groups in total. The van der Waals surface area contributed by atoms with Crippen molar-refractivity contribution in [3.63, 3.8) is 0 Å². The number of alkyl carbamates (subject to hydrolysis) is 1. The Bertz CT molecular complexity index is 736. The molecular formula is C17H22F2N4O2. The van der Waals surface area contributed by atoms with Crippen LogP contribution in [0.4, 0.5) is 19.5 Å². The normalized spacial score (nSPS) is 20.5. The molecule has 1 aromatic carbocycles. The highest BCUT2D eigenvalue weighted by Crippen LogP contribution is 2.31. The smallest absolute Gasteiger partial charge is 0.408 e. The van der Waals surface area contributed by atoms with Gasteiger partial charge in [-0.1, -0.05) is 12.1 Å². The first-order valence-corrected chi connectivity index (χ1v) is 8.21. The third kappa shape index (κ3) is 4.00. The Hall–Kier alpha value is -2.38. The number of para-hydroxylation sites is 2. The van der Waals surface area contributed by atoms with E-state index in [0.717, 1.165) is 11.0 Å². The number of aromatic amines is 1. The number of hydrogen-bond acceptors (Lipinski definition) is 4. The zero-order chi connectivity index (χ0) is 18.2. The average molecular weight is 352 g/mol. The van der Waals surface area contributed by atoms with Crippen molar-refractivity contribution in [1.82, 2.24) is 15.3 Å². The van der Waals surface area contributed by atoms with Crippen molar-refractivity contribution < 1.29 is 18.3 Å². The molecule has 2 aromatic rings. The molecule has 1 fully saturated rings. The lowest BCUT2D eigenvalue weighted by atomic mass is 10.0. The maximum atomic E-state index is 14.2. The van der Waals surface area contributed by atoms with Crippen LogP contribution in [0.25, 0.3) is 11.0 Å². The standard InChI is InChI=1S/C17H22F2N4O2/c1-16(2,3)25-15(24)22-13-10-23(9-8-17(13,18)19)14-20-11-6-4-5-7-12(11)21-14/h4-7,13H,8-10H2,1-3H3,(H,20,21)(H,22,24)/t13-/m1/s1. The van der Waals surface area contributed by atoms with Gasteiger partial charge in [0.05, 0.1) is 11.0 Å². The van der Waals surface area contributed by atoms with E-state index in [-0.39, 0.29) is 19.5 Å². The number of rotatable bonds is 2.